The molecular formula is C26H35N7O2. The molecule has 0 aliphatic carbocycles. The van der Waals surface area contributed by atoms with E-state index in [-0.39, 0.29) is 18.2 Å². The third-order valence-electron chi connectivity index (χ3n) is 5.51. The summed E-state index contributed by atoms with van der Waals surface area (Å²) < 4.78 is 0. The summed E-state index contributed by atoms with van der Waals surface area (Å²) in [5, 5.41) is 6.09. The number of anilines is 1. The van der Waals surface area contributed by atoms with E-state index in [0.29, 0.717) is 61.1 Å². The summed E-state index contributed by atoms with van der Waals surface area (Å²) in [6.45, 7) is 7.38. The molecule has 9 nitrogen and oxygen atoms in total. The summed E-state index contributed by atoms with van der Waals surface area (Å²) >= 11 is 0. The molecule has 0 saturated carbocycles. The van der Waals surface area contributed by atoms with Crippen molar-refractivity contribution in [2.24, 2.45) is 16.5 Å². The van der Waals surface area contributed by atoms with Crippen LogP contribution in [0.3, 0.4) is 0 Å². The number of pyridine rings is 1. The highest BCUT2D eigenvalue weighted by atomic mass is 16.2. The zero-order valence-corrected chi connectivity index (χ0v) is 20.5. The van der Waals surface area contributed by atoms with E-state index >= 15 is 0 Å². The van der Waals surface area contributed by atoms with Gasteiger partial charge in [0.2, 0.25) is 5.91 Å². The Balaban J connectivity index is 1.79. The van der Waals surface area contributed by atoms with E-state index in [0.717, 1.165) is 24.0 Å². The van der Waals surface area contributed by atoms with Crippen molar-refractivity contribution in [1.29, 1.82) is 0 Å². The highest BCUT2D eigenvalue weighted by Crippen LogP contribution is 2.29. The molecule has 0 bridgehead atoms. The first-order valence-corrected chi connectivity index (χ1v) is 12.1. The predicted molar refractivity (Wildman–Crippen MR) is 140 cm³/mol. The number of hydrogen-bond acceptors (Lipinski definition) is 7. The number of carbonyl (C=O) groups excluding carboxylic acids is 2. The van der Waals surface area contributed by atoms with Gasteiger partial charge in [0.25, 0.3) is 5.91 Å². The quantitative estimate of drug-likeness (QED) is 0.367. The lowest BCUT2D eigenvalue weighted by atomic mass is 10.0. The minimum absolute atomic E-state index is 0.0187. The summed E-state index contributed by atoms with van der Waals surface area (Å²) in [6, 6.07) is 7.08. The number of hydrogen-bond donors (Lipinski definition) is 4. The molecule has 0 fully saturated rings. The van der Waals surface area contributed by atoms with Gasteiger partial charge in [-0.15, -0.1) is 0 Å². The molecule has 1 aromatic carbocycles. The largest absolute Gasteiger partial charge is 0.387 e. The summed E-state index contributed by atoms with van der Waals surface area (Å²) in [7, 11) is 0. The lowest BCUT2D eigenvalue weighted by molar-refractivity contribution is -0.127. The molecule has 0 radical (unpaired) electrons. The van der Waals surface area contributed by atoms with Crippen molar-refractivity contribution >= 4 is 35.1 Å². The number of fused-ring (bicyclic) bond motifs is 1. The van der Waals surface area contributed by atoms with E-state index in [4.69, 9.17) is 11.5 Å². The first kappa shape index (κ1) is 26.1. The Kier molecular flexibility index (Phi) is 9.51. The molecule has 1 aliphatic heterocycles. The monoisotopic (exact) mass is 477 g/mol. The maximum absolute atomic E-state index is 13.1. The minimum atomic E-state index is -0.281. The molecular weight excluding hydrogens is 442 g/mol. The van der Waals surface area contributed by atoms with Crippen LogP contribution < -0.4 is 22.1 Å². The van der Waals surface area contributed by atoms with Crippen LogP contribution in [-0.4, -0.2) is 53.7 Å². The van der Waals surface area contributed by atoms with Gasteiger partial charge in [0.15, 0.2) is 0 Å². The molecule has 0 unspecified atom stereocenters. The van der Waals surface area contributed by atoms with Crippen molar-refractivity contribution in [3.05, 3.63) is 58.9 Å². The Bertz CT molecular complexity index is 1100. The van der Waals surface area contributed by atoms with E-state index in [1.807, 2.05) is 17.0 Å². The second-order valence-electron chi connectivity index (χ2n) is 8.52. The number of rotatable bonds is 11. The van der Waals surface area contributed by atoms with Crippen LogP contribution in [0.2, 0.25) is 0 Å². The molecule has 3 rings (SSSR count). The van der Waals surface area contributed by atoms with Crippen LogP contribution in [0.5, 0.6) is 0 Å². The van der Waals surface area contributed by atoms with Crippen molar-refractivity contribution < 1.29 is 9.59 Å². The van der Waals surface area contributed by atoms with Crippen molar-refractivity contribution in [3.63, 3.8) is 0 Å². The summed E-state index contributed by atoms with van der Waals surface area (Å²) in [6.07, 6.45) is 7.23. The Morgan fingerprint density at radius 3 is 2.60 bits per heavy atom. The topological polar surface area (TPSA) is 139 Å². The highest BCUT2D eigenvalue weighted by molar-refractivity contribution is 6.07. The molecule has 1 aliphatic rings. The fourth-order valence-electron chi connectivity index (χ4n) is 3.92. The maximum Gasteiger partial charge on any atom is 0.255 e. The minimum Gasteiger partial charge on any atom is -0.387 e. The van der Waals surface area contributed by atoms with E-state index in [9.17, 15) is 9.59 Å². The van der Waals surface area contributed by atoms with Gasteiger partial charge in [-0.3, -0.25) is 14.6 Å². The molecule has 0 saturated heterocycles. The number of aliphatic imine (C=N–C) groups is 1. The number of amides is 2. The maximum atomic E-state index is 13.1. The Morgan fingerprint density at radius 1 is 1.11 bits per heavy atom. The number of nitrogens with one attached hydrogen (secondary N) is 2. The van der Waals surface area contributed by atoms with Crippen LogP contribution >= 0.6 is 0 Å². The van der Waals surface area contributed by atoms with Crippen molar-refractivity contribution in [2.45, 2.75) is 39.7 Å². The first-order chi connectivity index (χ1) is 16.9. The van der Waals surface area contributed by atoms with E-state index < -0.39 is 0 Å². The second kappa shape index (κ2) is 12.8. The SMILES string of the molecule is CCCN(CCC)C(=O)C1=Cc2ccc(C(=O)Nc3cncc(CNCCN)c3)cc2N=C(N)C1. The average Bonchev–Trinajstić information content (AvgIpc) is 3.01. The van der Waals surface area contributed by atoms with Gasteiger partial charge < -0.3 is 27.0 Å². The lowest BCUT2D eigenvalue weighted by Crippen LogP contribution is -2.34. The van der Waals surface area contributed by atoms with Crippen LogP contribution in [-0.2, 0) is 11.3 Å². The Labute approximate surface area is 206 Å². The second-order valence-corrected chi connectivity index (χ2v) is 8.52. The van der Waals surface area contributed by atoms with E-state index in [2.05, 4.69) is 34.5 Å². The predicted octanol–water partition coefficient (Wildman–Crippen LogP) is 2.81. The lowest BCUT2D eigenvalue weighted by Gasteiger charge is -2.22. The Morgan fingerprint density at radius 2 is 1.89 bits per heavy atom. The molecule has 186 valence electrons. The van der Waals surface area contributed by atoms with Crippen molar-refractivity contribution in [2.75, 3.05) is 31.5 Å². The third-order valence-corrected chi connectivity index (χ3v) is 5.51. The van der Waals surface area contributed by atoms with Gasteiger partial charge in [-0.1, -0.05) is 19.9 Å². The highest BCUT2D eigenvalue weighted by Gasteiger charge is 2.21. The molecule has 1 aromatic heterocycles. The smallest absolute Gasteiger partial charge is 0.255 e. The number of benzene rings is 1. The fourth-order valence-corrected chi connectivity index (χ4v) is 3.92. The number of amidine groups is 1. The molecule has 2 heterocycles. The third kappa shape index (κ3) is 7.21. The van der Waals surface area contributed by atoms with Gasteiger partial charge in [0, 0.05) is 62.0 Å². The zero-order valence-electron chi connectivity index (χ0n) is 20.5. The molecule has 0 spiro atoms. The standard InChI is InChI=1S/C26H35N7O2/c1-3-9-33(10-4-2)26(35)21-12-19-5-6-20(13-23(19)32-24(28)14-21)25(34)31-22-11-18(16-30-17-22)15-29-8-7-27/h5-6,11-13,16-17,29H,3-4,7-10,14-15,27H2,1-2H3,(H2,28,32)(H,31,34). The number of aromatic nitrogens is 1. The van der Waals surface area contributed by atoms with Crippen LogP contribution in [0.1, 0.15) is 54.6 Å². The van der Waals surface area contributed by atoms with E-state index in [1.54, 1.807) is 30.6 Å². The molecule has 2 aromatic rings. The van der Waals surface area contributed by atoms with Crippen LogP contribution in [0.4, 0.5) is 11.4 Å². The van der Waals surface area contributed by atoms with Gasteiger partial charge in [0.05, 0.1) is 17.6 Å². The van der Waals surface area contributed by atoms with Crippen molar-refractivity contribution in [3.8, 4) is 0 Å². The van der Waals surface area contributed by atoms with E-state index in [1.165, 1.54) is 0 Å². The number of nitrogens with two attached hydrogens (primary N) is 2. The van der Waals surface area contributed by atoms with Gasteiger partial charge in [-0.2, -0.15) is 0 Å². The molecule has 6 N–H and O–H groups in total. The van der Waals surface area contributed by atoms with Crippen molar-refractivity contribution in [1.82, 2.24) is 15.2 Å². The van der Waals surface area contributed by atoms with Gasteiger partial charge in [0.1, 0.15) is 5.84 Å². The van der Waals surface area contributed by atoms with Gasteiger partial charge >= 0.3 is 0 Å². The fraction of sp³-hybridized carbons (Fsp3) is 0.385. The van der Waals surface area contributed by atoms with Crippen LogP contribution in [0, 0.1) is 0 Å². The Hall–Kier alpha value is -3.56. The number of carbonyl (C=O) groups is 2. The average molecular weight is 478 g/mol. The molecule has 9 heteroatoms. The summed E-state index contributed by atoms with van der Waals surface area (Å²) in [5.74, 6) is 0.0441. The molecule has 2 amide bonds. The molecule has 0 atom stereocenters. The normalized spacial score (nSPS) is 12.8. The van der Waals surface area contributed by atoms with Crippen LogP contribution in [0.15, 0.2) is 47.2 Å². The van der Waals surface area contributed by atoms with Gasteiger partial charge in [-0.05, 0) is 42.7 Å². The first-order valence-electron chi connectivity index (χ1n) is 12.1. The van der Waals surface area contributed by atoms with Gasteiger partial charge in [-0.25, -0.2) is 4.99 Å². The van der Waals surface area contributed by atoms with Crippen LogP contribution in [0.25, 0.3) is 6.08 Å². The molecule has 35 heavy (non-hydrogen) atoms. The zero-order chi connectivity index (χ0) is 25.2. The number of nitrogens with zero attached hydrogens (tertiary/aromatic N) is 3. The summed E-state index contributed by atoms with van der Waals surface area (Å²) in [4.78, 5) is 36.6. The summed E-state index contributed by atoms with van der Waals surface area (Å²) in [5.41, 5.74) is 15.6.